The molecule has 132 valence electrons. The molecule has 0 bridgehead atoms. The van der Waals surface area contributed by atoms with Crippen molar-refractivity contribution in [3.8, 4) is 0 Å². The van der Waals surface area contributed by atoms with Crippen LogP contribution in [0.4, 0.5) is 5.69 Å². The van der Waals surface area contributed by atoms with Crippen molar-refractivity contribution in [1.29, 1.82) is 0 Å². The largest absolute Gasteiger partial charge is 0.449 e. The van der Waals surface area contributed by atoms with Gasteiger partial charge in [-0.1, -0.05) is 41.4 Å². The zero-order valence-electron chi connectivity index (χ0n) is 13.4. The Morgan fingerprint density at radius 3 is 2.28 bits per heavy atom. The van der Waals surface area contributed by atoms with Crippen LogP contribution in [0.15, 0.2) is 47.4 Å². The van der Waals surface area contributed by atoms with Crippen LogP contribution in [-0.2, 0) is 20.3 Å². The smallest absolute Gasteiger partial charge is 0.340 e. The highest BCUT2D eigenvalue weighted by Gasteiger charge is 2.22. The maximum absolute atomic E-state index is 12.3. The highest BCUT2D eigenvalue weighted by atomic mass is 35.5. The molecule has 1 N–H and O–H groups in total. The van der Waals surface area contributed by atoms with Crippen LogP contribution < -0.4 is 5.32 Å². The van der Waals surface area contributed by atoms with Gasteiger partial charge in [0.2, 0.25) is 0 Å². The van der Waals surface area contributed by atoms with Crippen LogP contribution >= 0.6 is 23.2 Å². The van der Waals surface area contributed by atoms with Gasteiger partial charge in [0.15, 0.2) is 6.10 Å². The summed E-state index contributed by atoms with van der Waals surface area (Å²) in [5, 5.41) is 3.07. The molecule has 0 spiro atoms. The summed E-state index contributed by atoms with van der Waals surface area (Å²) in [6.07, 6.45) is 0.361. The maximum Gasteiger partial charge on any atom is 0.340 e. The van der Waals surface area contributed by atoms with Crippen LogP contribution in [0.1, 0.15) is 17.3 Å². The van der Waals surface area contributed by atoms with Crippen LogP contribution in [0.25, 0.3) is 0 Å². The van der Waals surface area contributed by atoms with E-state index < -0.39 is 28.8 Å². The number of nitrogens with one attached hydrogen (secondary N) is 1. The van der Waals surface area contributed by atoms with Crippen LogP contribution in [0.3, 0.4) is 0 Å². The monoisotopic (exact) mass is 399 g/mol. The van der Waals surface area contributed by atoms with Crippen molar-refractivity contribution in [3.63, 3.8) is 0 Å². The zero-order chi connectivity index (χ0) is 18.6. The number of amides is 1. The lowest BCUT2D eigenvalue weighted by Crippen LogP contribution is -2.30. The second kappa shape index (κ2) is 8.47. The Morgan fingerprint density at radius 2 is 1.68 bits per heavy atom. The van der Waals surface area contributed by atoms with Crippen molar-refractivity contribution in [1.82, 2.24) is 0 Å². The van der Waals surface area contributed by atoms with E-state index in [-0.39, 0.29) is 21.3 Å². The molecule has 2 aromatic rings. The molecule has 0 aliphatic heterocycles. The van der Waals surface area contributed by atoms with E-state index in [9.17, 15) is 13.8 Å². The molecule has 0 aromatic heterocycles. The molecule has 25 heavy (non-hydrogen) atoms. The molecule has 0 aliphatic carbocycles. The first kappa shape index (κ1) is 19.4. The van der Waals surface area contributed by atoms with Gasteiger partial charge in [0.25, 0.3) is 5.91 Å². The molecule has 2 atom stereocenters. The molecule has 0 heterocycles. The number of halogens is 2. The maximum atomic E-state index is 12.3. The highest BCUT2D eigenvalue weighted by Crippen LogP contribution is 2.30. The fourth-order valence-electron chi connectivity index (χ4n) is 2.01. The van der Waals surface area contributed by atoms with E-state index in [1.54, 1.807) is 36.4 Å². The van der Waals surface area contributed by atoms with E-state index in [4.69, 9.17) is 27.9 Å². The van der Waals surface area contributed by atoms with Crippen LogP contribution in [-0.4, -0.2) is 28.4 Å². The molecule has 5 nitrogen and oxygen atoms in total. The average Bonchev–Trinajstić information content (AvgIpc) is 2.57. The van der Waals surface area contributed by atoms with E-state index in [0.717, 1.165) is 0 Å². The number of hydrogen-bond donors (Lipinski definition) is 1. The summed E-state index contributed by atoms with van der Waals surface area (Å²) in [5.74, 6) is -1.32. The van der Waals surface area contributed by atoms with Crippen molar-refractivity contribution >= 4 is 51.6 Å². The normalized spacial score (nSPS) is 13.0. The average molecular weight is 400 g/mol. The highest BCUT2D eigenvalue weighted by molar-refractivity contribution is 7.84. The summed E-state index contributed by atoms with van der Waals surface area (Å²) in [6.45, 7) is 1.42. The third kappa shape index (κ3) is 4.81. The van der Waals surface area contributed by atoms with Gasteiger partial charge in [-0.2, -0.15) is 0 Å². The minimum absolute atomic E-state index is 0.152. The van der Waals surface area contributed by atoms with E-state index in [2.05, 4.69) is 5.32 Å². The summed E-state index contributed by atoms with van der Waals surface area (Å²) in [5.41, 5.74) is 0.396. The second-order valence-electron chi connectivity index (χ2n) is 5.08. The molecule has 0 saturated heterocycles. The van der Waals surface area contributed by atoms with Crippen molar-refractivity contribution in [2.24, 2.45) is 0 Å². The molecule has 0 radical (unpaired) electrons. The molecule has 0 fully saturated rings. The number of esters is 1. The summed E-state index contributed by atoms with van der Waals surface area (Å²) < 4.78 is 16.9. The Hall–Kier alpha value is -1.89. The van der Waals surface area contributed by atoms with Gasteiger partial charge in [-0.25, -0.2) is 4.79 Å². The van der Waals surface area contributed by atoms with Crippen LogP contribution in [0.2, 0.25) is 10.0 Å². The quantitative estimate of drug-likeness (QED) is 0.773. The molecule has 1 amide bonds. The van der Waals surface area contributed by atoms with Gasteiger partial charge in [-0.3, -0.25) is 9.00 Å². The van der Waals surface area contributed by atoms with Crippen molar-refractivity contribution in [3.05, 3.63) is 58.1 Å². The van der Waals surface area contributed by atoms with Crippen molar-refractivity contribution in [2.75, 3.05) is 11.6 Å². The van der Waals surface area contributed by atoms with E-state index in [1.807, 2.05) is 0 Å². The SMILES string of the molecule is C[C@@H](OC(=O)c1ccccc1[S@@](C)=O)C(=O)Nc1c(Cl)cccc1Cl. The third-order valence-electron chi connectivity index (χ3n) is 3.28. The van der Waals surface area contributed by atoms with E-state index >= 15 is 0 Å². The molecular weight excluding hydrogens is 385 g/mol. The first-order valence-corrected chi connectivity index (χ1v) is 9.51. The lowest BCUT2D eigenvalue weighted by atomic mass is 10.2. The third-order valence-corrected chi connectivity index (χ3v) is 4.89. The first-order chi connectivity index (χ1) is 11.8. The number of carbonyl (C=O) groups excluding carboxylic acids is 2. The predicted octanol–water partition coefficient (Wildman–Crippen LogP) is 3.91. The Kier molecular flexibility index (Phi) is 6.58. The summed E-state index contributed by atoms with van der Waals surface area (Å²) in [6, 6.07) is 11.2. The summed E-state index contributed by atoms with van der Waals surface area (Å²) in [7, 11) is -1.36. The minimum atomic E-state index is -1.36. The van der Waals surface area contributed by atoms with Gasteiger partial charge in [0.1, 0.15) is 0 Å². The van der Waals surface area contributed by atoms with Gasteiger partial charge >= 0.3 is 5.97 Å². The van der Waals surface area contributed by atoms with Crippen LogP contribution in [0.5, 0.6) is 0 Å². The topological polar surface area (TPSA) is 72.5 Å². The Bertz CT molecular complexity index is 821. The van der Waals surface area contributed by atoms with E-state index in [1.165, 1.54) is 19.2 Å². The predicted molar refractivity (Wildman–Crippen MR) is 98.7 cm³/mol. The van der Waals surface area contributed by atoms with Gasteiger partial charge in [0, 0.05) is 6.26 Å². The minimum Gasteiger partial charge on any atom is -0.449 e. The molecule has 2 aromatic carbocycles. The molecule has 2 rings (SSSR count). The molecule has 8 heteroatoms. The zero-order valence-corrected chi connectivity index (χ0v) is 15.7. The second-order valence-corrected chi connectivity index (χ2v) is 7.25. The lowest BCUT2D eigenvalue weighted by Gasteiger charge is -2.15. The first-order valence-electron chi connectivity index (χ1n) is 7.19. The van der Waals surface area contributed by atoms with Crippen molar-refractivity contribution < 1.29 is 18.5 Å². The van der Waals surface area contributed by atoms with Gasteiger partial charge < -0.3 is 10.1 Å². The molecular formula is C17H15Cl2NO4S. The molecule has 0 saturated carbocycles. The number of para-hydroxylation sites is 1. The van der Waals surface area contributed by atoms with E-state index in [0.29, 0.717) is 4.90 Å². The lowest BCUT2D eigenvalue weighted by molar-refractivity contribution is -0.123. The van der Waals surface area contributed by atoms with Gasteiger partial charge in [0.05, 0.1) is 37.0 Å². The number of rotatable bonds is 5. The number of anilines is 1. The fourth-order valence-corrected chi connectivity index (χ4v) is 3.23. The Morgan fingerprint density at radius 1 is 1.08 bits per heavy atom. The summed E-state index contributed by atoms with van der Waals surface area (Å²) >= 11 is 12.0. The number of ether oxygens (including phenoxy) is 1. The number of hydrogen-bond acceptors (Lipinski definition) is 4. The van der Waals surface area contributed by atoms with Gasteiger partial charge in [-0.05, 0) is 31.2 Å². The summed E-state index contributed by atoms with van der Waals surface area (Å²) in [4.78, 5) is 24.9. The number of benzene rings is 2. The Labute approximate surface area is 157 Å². The number of carbonyl (C=O) groups is 2. The van der Waals surface area contributed by atoms with Crippen molar-refractivity contribution in [2.45, 2.75) is 17.9 Å². The molecule has 0 unspecified atom stereocenters. The Balaban J connectivity index is 2.11. The van der Waals surface area contributed by atoms with Gasteiger partial charge in [-0.15, -0.1) is 0 Å². The fraction of sp³-hybridized carbons (Fsp3) is 0.176. The standard InChI is InChI=1S/C17H15Cl2NO4S/c1-10(16(21)20-15-12(18)7-5-8-13(15)19)24-17(22)11-6-3-4-9-14(11)25(2)23/h3-10H,1-2H3,(H,20,21)/t10-,25-/m1/s1. The molecule has 0 aliphatic rings. The van der Waals surface area contributed by atoms with Crippen LogP contribution in [0, 0.1) is 0 Å².